The molecule has 0 aliphatic heterocycles. The third-order valence-electron chi connectivity index (χ3n) is 2.98. The predicted octanol–water partition coefficient (Wildman–Crippen LogP) is 3.81. The summed E-state index contributed by atoms with van der Waals surface area (Å²) in [6.45, 7) is 1.99. The summed E-state index contributed by atoms with van der Waals surface area (Å²) in [5.74, 6) is -0.222. The quantitative estimate of drug-likeness (QED) is 0.815. The molecule has 2 N–H and O–H groups in total. The van der Waals surface area contributed by atoms with E-state index in [9.17, 15) is 4.79 Å². The van der Waals surface area contributed by atoms with Crippen LogP contribution >= 0.6 is 28.1 Å². The van der Waals surface area contributed by atoms with E-state index in [1.54, 1.807) is 12.1 Å². The highest BCUT2D eigenvalue weighted by Gasteiger charge is 2.10. The van der Waals surface area contributed by atoms with Gasteiger partial charge in [-0.05, 0) is 49.0 Å². The van der Waals surface area contributed by atoms with Crippen LogP contribution in [0.25, 0.3) is 0 Å². The largest absolute Gasteiger partial charge is 0.356 e. The van der Waals surface area contributed by atoms with Gasteiger partial charge in [-0.15, -0.1) is 0 Å². The number of carbonyl (C=O) groups is 1. The average Bonchev–Trinajstić information content (AvgIpc) is 2.48. The Morgan fingerprint density at radius 1 is 1.10 bits per heavy atom. The summed E-state index contributed by atoms with van der Waals surface area (Å²) in [6.07, 6.45) is 0. The molecule has 0 aromatic heterocycles. The first-order valence-corrected chi connectivity index (χ1v) is 7.69. The standard InChI is InChI=1S/C16H15BrN2OS/c1-11(12-5-3-2-4-6-12)18-16(21)19-15(20)13-7-9-14(17)10-8-13/h2-11H,1H3,(H2,18,19,20,21). The topological polar surface area (TPSA) is 41.1 Å². The van der Waals surface area contributed by atoms with Crippen LogP contribution in [0, 0.1) is 0 Å². The Labute approximate surface area is 137 Å². The summed E-state index contributed by atoms with van der Waals surface area (Å²) in [5, 5.41) is 6.10. The van der Waals surface area contributed by atoms with E-state index in [0.717, 1.165) is 10.0 Å². The van der Waals surface area contributed by atoms with Gasteiger partial charge >= 0.3 is 0 Å². The number of benzene rings is 2. The third-order valence-corrected chi connectivity index (χ3v) is 3.73. The normalized spacial score (nSPS) is 11.5. The number of hydrogen-bond donors (Lipinski definition) is 2. The van der Waals surface area contributed by atoms with Crippen LogP contribution in [0.1, 0.15) is 28.9 Å². The second-order valence-corrected chi connectivity index (χ2v) is 5.89. The third kappa shape index (κ3) is 4.65. The lowest BCUT2D eigenvalue weighted by Gasteiger charge is -2.16. The molecule has 0 heterocycles. The van der Waals surface area contributed by atoms with Gasteiger partial charge in [0.15, 0.2) is 5.11 Å². The lowest BCUT2D eigenvalue weighted by atomic mass is 10.1. The molecule has 0 spiro atoms. The molecule has 0 aliphatic rings. The molecule has 108 valence electrons. The van der Waals surface area contributed by atoms with E-state index in [2.05, 4.69) is 26.6 Å². The molecule has 1 unspecified atom stereocenters. The highest BCUT2D eigenvalue weighted by Crippen LogP contribution is 2.12. The fraction of sp³-hybridized carbons (Fsp3) is 0.125. The Balaban J connectivity index is 1.92. The zero-order chi connectivity index (χ0) is 15.2. The smallest absolute Gasteiger partial charge is 0.257 e. The molecule has 0 saturated heterocycles. The van der Waals surface area contributed by atoms with Crippen molar-refractivity contribution >= 4 is 39.2 Å². The molecule has 21 heavy (non-hydrogen) atoms. The maximum Gasteiger partial charge on any atom is 0.257 e. The van der Waals surface area contributed by atoms with Crippen molar-refractivity contribution in [2.75, 3.05) is 0 Å². The fourth-order valence-electron chi connectivity index (χ4n) is 1.83. The van der Waals surface area contributed by atoms with Crippen LogP contribution in [0.5, 0.6) is 0 Å². The minimum absolute atomic E-state index is 0.0314. The van der Waals surface area contributed by atoms with Crippen LogP contribution < -0.4 is 10.6 Å². The van der Waals surface area contributed by atoms with Crippen molar-refractivity contribution in [2.24, 2.45) is 0 Å². The number of hydrogen-bond acceptors (Lipinski definition) is 2. The van der Waals surface area contributed by atoms with Crippen molar-refractivity contribution in [1.29, 1.82) is 0 Å². The van der Waals surface area contributed by atoms with Gasteiger partial charge in [0, 0.05) is 10.0 Å². The van der Waals surface area contributed by atoms with Gasteiger partial charge < -0.3 is 5.32 Å². The molecule has 3 nitrogen and oxygen atoms in total. The zero-order valence-corrected chi connectivity index (χ0v) is 13.9. The van der Waals surface area contributed by atoms with E-state index in [4.69, 9.17) is 12.2 Å². The maximum absolute atomic E-state index is 12.0. The predicted molar refractivity (Wildman–Crippen MR) is 92.2 cm³/mol. The molecule has 0 bridgehead atoms. The van der Waals surface area contributed by atoms with Crippen molar-refractivity contribution in [1.82, 2.24) is 10.6 Å². The Morgan fingerprint density at radius 3 is 2.33 bits per heavy atom. The van der Waals surface area contributed by atoms with Crippen LogP contribution in [-0.2, 0) is 0 Å². The highest BCUT2D eigenvalue weighted by molar-refractivity contribution is 9.10. The van der Waals surface area contributed by atoms with Gasteiger partial charge in [0.1, 0.15) is 0 Å². The molecular weight excluding hydrogens is 348 g/mol. The van der Waals surface area contributed by atoms with E-state index >= 15 is 0 Å². The van der Waals surface area contributed by atoms with Gasteiger partial charge in [-0.1, -0.05) is 46.3 Å². The van der Waals surface area contributed by atoms with E-state index in [1.807, 2.05) is 49.4 Å². The average molecular weight is 363 g/mol. The monoisotopic (exact) mass is 362 g/mol. The molecule has 0 fully saturated rings. The van der Waals surface area contributed by atoms with Crippen LogP contribution in [0.4, 0.5) is 0 Å². The van der Waals surface area contributed by atoms with Gasteiger partial charge in [-0.2, -0.15) is 0 Å². The number of rotatable bonds is 3. The molecule has 0 saturated carbocycles. The van der Waals surface area contributed by atoms with Crippen LogP contribution in [-0.4, -0.2) is 11.0 Å². The number of nitrogens with one attached hydrogen (secondary N) is 2. The first-order chi connectivity index (χ1) is 10.1. The molecular formula is C16H15BrN2OS. The van der Waals surface area contributed by atoms with Gasteiger partial charge in [-0.3, -0.25) is 10.1 Å². The van der Waals surface area contributed by atoms with Crippen molar-refractivity contribution < 1.29 is 4.79 Å². The second-order valence-electron chi connectivity index (χ2n) is 4.57. The zero-order valence-electron chi connectivity index (χ0n) is 11.5. The Hall–Kier alpha value is -1.72. The van der Waals surface area contributed by atoms with E-state index < -0.39 is 0 Å². The molecule has 2 aromatic rings. The number of halogens is 1. The summed E-state index contributed by atoms with van der Waals surface area (Å²) in [5.41, 5.74) is 1.67. The van der Waals surface area contributed by atoms with Crippen molar-refractivity contribution in [3.8, 4) is 0 Å². The Bertz CT molecular complexity index is 628. The molecule has 1 amide bonds. The Kier molecular flexibility index (Phi) is 5.47. The summed E-state index contributed by atoms with van der Waals surface area (Å²) >= 11 is 8.51. The van der Waals surface area contributed by atoms with Crippen LogP contribution in [0.2, 0.25) is 0 Å². The summed E-state index contributed by atoms with van der Waals surface area (Å²) in [6, 6.07) is 17.1. The highest BCUT2D eigenvalue weighted by atomic mass is 79.9. The van der Waals surface area contributed by atoms with Crippen molar-refractivity contribution in [3.05, 3.63) is 70.2 Å². The SMILES string of the molecule is CC(NC(=S)NC(=O)c1ccc(Br)cc1)c1ccccc1. The molecule has 0 aliphatic carbocycles. The first kappa shape index (κ1) is 15.7. The molecule has 5 heteroatoms. The molecule has 0 radical (unpaired) electrons. The van der Waals surface area contributed by atoms with E-state index in [0.29, 0.717) is 10.7 Å². The van der Waals surface area contributed by atoms with Gasteiger partial charge in [-0.25, -0.2) is 0 Å². The second kappa shape index (κ2) is 7.33. The van der Waals surface area contributed by atoms with Crippen molar-refractivity contribution in [3.63, 3.8) is 0 Å². The molecule has 2 aromatic carbocycles. The lowest BCUT2D eigenvalue weighted by molar-refractivity contribution is 0.0976. The van der Waals surface area contributed by atoms with E-state index in [1.165, 1.54) is 0 Å². The number of carbonyl (C=O) groups excluding carboxylic acids is 1. The fourth-order valence-corrected chi connectivity index (χ4v) is 2.37. The van der Waals surface area contributed by atoms with E-state index in [-0.39, 0.29) is 11.9 Å². The van der Waals surface area contributed by atoms with Crippen LogP contribution in [0.15, 0.2) is 59.1 Å². The minimum Gasteiger partial charge on any atom is -0.356 e. The van der Waals surface area contributed by atoms with Gasteiger partial charge in [0.2, 0.25) is 0 Å². The first-order valence-electron chi connectivity index (χ1n) is 6.48. The summed E-state index contributed by atoms with van der Waals surface area (Å²) in [7, 11) is 0. The van der Waals surface area contributed by atoms with Gasteiger partial charge in [0.05, 0.1) is 6.04 Å². The maximum atomic E-state index is 12.0. The molecule has 1 atom stereocenters. The Morgan fingerprint density at radius 2 is 1.71 bits per heavy atom. The molecule has 2 rings (SSSR count). The van der Waals surface area contributed by atoms with Crippen molar-refractivity contribution in [2.45, 2.75) is 13.0 Å². The number of amides is 1. The number of thiocarbonyl (C=S) groups is 1. The summed E-state index contributed by atoms with van der Waals surface area (Å²) in [4.78, 5) is 12.0. The minimum atomic E-state index is -0.222. The van der Waals surface area contributed by atoms with Crippen LogP contribution in [0.3, 0.4) is 0 Å². The van der Waals surface area contributed by atoms with Gasteiger partial charge in [0.25, 0.3) is 5.91 Å². The summed E-state index contributed by atoms with van der Waals surface area (Å²) < 4.78 is 0.928. The lowest BCUT2D eigenvalue weighted by Crippen LogP contribution is -2.40.